The summed E-state index contributed by atoms with van der Waals surface area (Å²) in [5.74, 6) is -0.392. The van der Waals surface area contributed by atoms with Crippen molar-refractivity contribution in [2.45, 2.75) is 20.8 Å². The maximum absolute atomic E-state index is 12.6. The number of hydrogen-bond donors (Lipinski definition) is 0. The molecule has 1 aromatic carbocycles. The monoisotopic (exact) mass is 381 g/mol. The Labute approximate surface area is 158 Å². The summed E-state index contributed by atoms with van der Waals surface area (Å²) in [7, 11) is 0. The molecule has 0 aliphatic carbocycles. The molecule has 0 atom stereocenters. The summed E-state index contributed by atoms with van der Waals surface area (Å²) in [4.78, 5) is 41.1. The van der Waals surface area contributed by atoms with E-state index in [1.165, 1.54) is 11.8 Å². The van der Waals surface area contributed by atoms with E-state index in [1.807, 2.05) is 13.0 Å². The number of piperazine rings is 1. The van der Waals surface area contributed by atoms with Crippen molar-refractivity contribution in [1.29, 1.82) is 0 Å². The Morgan fingerprint density at radius 2 is 1.77 bits per heavy atom. The van der Waals surface area contributed by atoms with Crippen LogP contribution in [0.5, 0.6) is 0 Å². The molecule has 0 spiro atoms. The van der Waals surface area contributed by atoms with Crippen molar-refractivity contribution in [3.8, 4) is 0 Å². The van der Waals surface area contributed by atoms with Crippen LogP contribution in [0.3, 0.4) is 0 Å². The zero-order chi connectivity index (χ0) is 19.3. The quantitative estimate of drug-likeness (QED) is 0.802. The molecule has 1 aliphatic heterocycles. The van der Waals surface area contributed by atoms with E-state index in [0.29, 0.717) is 43.5 Å². The molecule has 0 bridgehead atoms. The van der Waals surface area contributed by atoms with Gasteiger partial charge in [0, 0.05) is 43.8 Å². The molecule has 0 radical (unpaired) electrons. The molecule has 2 rings (SSSR count). The third-order valence-corrected chi connectivity index (χ3v) is 4.53. The number of halogens is 1. The Balaban J connectivity index is 2.02. The Kier molecular flexibility index (Phi) is 6.85. The topological polar surface area (TPSA) is 70.2 Å². The van der Waals surface area contributed by atoms with Gasteiger partial charge in [-0.2, -0.15) is 0 Å². The minimum Gasteiger partial charge on any atom is -0.450 e. The summed E-state index contributed by atoms with van der Waals surface area (Å²) in [6.45, 7) is 6.97. The third-order valence-electron chi connectivity index (χ3n) is 4.29. The van der Waals surface area contributed by atoms with Crippen LogP contribution >= 0.6 is 11.6 Å². The van der Waals surface area contributed by atoms with Crippen molar-refractivity contribution < 1.29 is 19.1 Å². The van der Waals surface area contributed by atoms with Crippen LogP contribution in [0.2, 0.25) is 5.02 Å². The van der Waals surface area contributed by atoms with Gasteiger partial charge in [-0.3, -0.25) is 9.59 Å². The first-order chi connectivity index (χ1) is 12.3. The molecule has 0 aromatic heterocycles. The predicted molar refractivity (Wildman–Crippen MR) is 99.4 cm³/mol. The Hall–Kier alpha value is -2.28. The summed E-state index contributed by atoms with van der Waals surface area (Å²) in [5.41, 5.74) is 1.49. The molecular formula is C18H24ClN3O4. The van der Waals surface area contributed by atoms with Gasteiger partial charge < -0.3 is 19.4 Å². The molecule has 8 heteroatoms. The normalized spacial score (nSPS) is 14.2. The van der Waals surface area contributed by atoms with Crippen LogP contribution in [-0.4, -0.2) is 67.0 Å². The second kappa shape index (κ2) is 8.89. The zero-order valence-corrected chi connectivity index (χ0v) is 16.1. The van der Waals surface area contributed by atoms with Gasteiger partial charge in [0.1, 0.15) is 6.54 Å². The van der Waals surface area contributed by atoms with Crippen LogP contribution in [0.15, 0.2) is 18.2 Å². The second-order valence-electron chi connectivity index (χ2n) is 6.10. The number of aryl methyl sites for hydroxylation is 1. The van der Waals surface area contributed by atoms with Crippen LogP contribution in [0, 0.1) is 6.92 Å². The fraction of sp³-hybridized carbons (Fsp3) is 0.500. The Morgan fingerprint density at radius 3 is 2.35 bits per heavy atom. The average Bonchev–Trinajstić information content (AvgIpc) is 2.62. The highest BCUT2D eigenvalue weighted by molar-refractivity contribution is 6.31. The fourth-order valence-electron chi connectivity index (χ4n) is 2.83. The molecule has 1 saturated heterocycles. The van der Waals surface area contributed by atoms with Crippen LogP contribution in [0.25, 0.3) is 0 Å². The molecule has 7 nitrogen and oxygen atoms in total. The molecule has 0 saturated carbocycles. The summed E-state index contributed by atoms with van der Waals surface area (Å²) >= 11 is 6.04. The number of rotatable bonds is 4. The van der Waals surface area contributed by atoms with E-state index < -0.39 is 0 Å². The molecule has 26 heavy (non-hydrogen) atoms. The number of ether oxygens (including phenoxy) is 1. The van der Waals surface area contributed by atoms with Gasteiger partial charge in [-0.15, -0.1) is 0 Å². The highest BCUT2D eigenvalue weighted by Crippen LogP contribution is 2.24. The van der Waals surface area contributed by atoms with E-state index in [1.54, 1.807) is 28.9 Å². The summed E-state index contributed by atoms with van der Waals surface area (Å²) < 4.78 is 4.97. The van der Waals surface area contributed by atoms with Crippen LogP contribution in [-0.2, 0) is 14.3 Å². The second-order valence-corrected chi connectivity index (χ2v) is 6.54. The van der Waals surface area contributed by atoms with Crippen molar-refractivity contribution >= 4 is 35.2 Å². The molecule has 1 heterocycles. The standard InChI is InChI=1S/C18H24ClN3O4/c1-4-26-18(25)21-9-7-20(8-10-21)17(24)12-22(14(3)23)16-11-15(19)6-5-13(16)2/h5-6,11H,4,7-10,12H2,1-3H3. The van der Waals surface area contributed by atoms with Gasteiger partial charge in [0.2, 0.25) is 11.8 Å². The number of hydrogen-bond acceptors (Lipinski definition) is 4. The van der Waals surface area contributed by atoms with E-state index in [9.17, 15) is 14.4 Å². The molecule has 1 aromatic rings. The van der Waals surface area contributed by atoms with E-state index >= 15 is 0 Å². The molecule has 0 unspecified atom stereocenters. The molecular weight excluding hydrogens is 358 g/mol. The van der Waals surface area contributed by atoms with Gasteiger partial charge in [0.15, 0.2) is 0 Å². The summed E-state index contributed by atoms with van der Waals surface area (Å²) in [6, 6.07) is 5.25. The minimum absolute atomic E-state index is 0.0596. The van der Waals surface area contributed by atoms with Gasteiger partial charge in [-0.1, -0.05) is 17.7 Å². The van der Waals surface area contributed by atoms with Gasteiger partial charge >= 0.3 is 6.09 Å². The number of anilines is 1. The van der Waals surface area contributed by atoms with Crippen LogP contribution < -0.4 is 4.90 Å². The third kappa shape index (κ3) is 4.88. The Bertz CT molecular complexity index is 687. The lowest BCUT2D eigenvalue weighted by Gasteiger charge is -2.35. The van der Waals surface area contributed by atoms with Crippen molar-refractivity contribution in [3.05, 3.63) is 28.8 Å². The van der Waals surface area contributed by atoms with Crippen molar-refractivity contribution in [3.63, 3.8) is 0 Å². The molecule has 1 fully saturated rings. The van der Waals surface area contributed by atoms with Gasteiger partial charge in [-0.25, -0.2) is 4.79 Å². The molecule has 142 valence electrons. The summed E-state index contributed by atoms with van der Waals surface area (Å²) in [5, 5.41) is 0.507. The first-order valence-electron chi connectivity index (χ1n) is 8.57. The number of carbonyl (C=O) groups excluding carboxylic acids is 3. The Morgan fingerprint density at radius 1 is 1.15 bits per heavy atom. The number of nitrogens with zero attached hydrogens (tertiary/aromatic N) is 3. The highest BCUT2D eigenvalue weighted by atomic mass is 35.5. The van der Waals surface area contributed by atoms with E-state index in [4.69, 9.17) is 16.3 Å². The number of amides is 3. The molecule has 1 aliphatic rings. The van der Waals surface area contributed by atoms with Crippen molar-refractivity contribution in [2.75, 3.05) is 44.2 Å². The smallest absolute Gasteiger partial charge is 0.409 e. The van der Waals surface area contributed by atoms with E-state index in [-0.39, 0.29) is 24.5 Å². The van der Waals surface area contributed by atoms with Crippen molar-refractivity contribution in [1.82, 2.24) is 9.80 Å². The van der Waals surface area contributed by atoms with Crippen LogP contribution in [0.4, 0.5) is 10.5 Å². The maximum atomic E-state index is 12.6. The lowest BCUT2D eigenvalue weighted by atomic mass is 10.1. The first-order valence-corrected chi connectivity index (χ1v) is 8.95. The molecule has 0 N–H and O–H groups in total. The molecule has 3 amide bonds. The predicted octanol–water partition coefficient (Wildman–Crippen LogP) is 2.30. The van der Waals surface area contributed by atoms with E-state index in [2.05, 4.69) is 0 Å². The number of benzene rings is 1. The maximum Gasteiger partial charge on any atom is 0.409 e. The fourth-order valence-corrected chi connectivity index (χ4v) is 2.99. The van der Waals surface area contributed by atoms with Gasteiger partial charge in [0.05, 0.1) is 6.61 Å². The van der Waals surface area contributed by atoms with Gasteiger partial charge in [-0.05, 0) is 31.5 Å². The largest absolute Gasteiger partial charge is 0.450 e. The van der Waals surface area contributed by atoms with Gasteiger partial charge in [0.25, 0.3) is 0 Å². The lowest BCUT2D eigenvalue weighted by molar-refractivity contribution is -0.132. The minimum atomic E-state index is -0.362. The SMILES string of the molecule is CCOC(=O)N1CCN(C(=O)CN(C(C)=O)c2cc(Cl)ccc2C)CC1. The zero-order valence-electron chi connectivity index (χ0n) is 15.3. The average molecular weight is 382 g/mol. The lowest BCUT2D eigenvalue weighted by Crippen LogP contribution is -2.53. The van der Waals surface area contributed by atoms with E-state index in [0.717, 1.165) is 5.56 Å². The van der Waals surface area contributed by atoms with Crippen molar-refractivity contribution in [2.24, 2.45) is 0 Å². The van der Waals surface area contributed by atoms with Crippen LogP contribution in [0.1, 0.15) is 19.4 Å². The number of carbonyl (C=O) groups is 3. The first kappa shape index (κ1) is 20.0. The highest BCUT2D eigenvalue weighted by Gasteiger charge is 2.27. The summed E-state index contributed by atoms with van der Waals surface area (Å²) in [6.07, 6.45) is -0.362.